The number of hydrogen-bond acceptors (Lipinski definition) is 5. The Hall–Kier alpha value is -2.32. The predicted molar refractivity (Wildman–Crippen MR) is 92.5 cm³/mol. The highest BCUT2D eigenvalue weighted by Gasteiger charge is 2.17. The monoisotopic (exact) mass is 380 g/mol. The number of amides is 1. The Bertz CT molecular complexity index is 882. The molecular formula is C16H14ClFN4O2S. The smallest absolute Gasteiger partial charge is 0.219 e. The molecule has 0 saturated carbocycles. The maximum Gasteiger partial charge on any atom is 0.219 e. The van der Waals surface area contributed by atoms with Gasteiger partial charge >= 0.3 is 0 Å². The van der Waals surface area contributed by atoms with Gasteiger partial charge < -0.3 is 10.2 Å². The zero-order chi connectivity index (χ0) is 17.8. The van der Waals surface area contributed by atoms with Crippen LogP contribution in [0.1, 0.15) is 12.0 Å². The van der Waals surface area contributed by atoms with Crippen LogP contribution in [0, 0.1) is 5.82 Å². The normalized spacial score (nSPS) is 11.0. The minimum Gasteiger partial charge on any atom is -0.461 e. The average molecular weight is 381 g/mol. The largest absolute Gasteiger partial charge is 0.461 e. The first-order chi connectivity index (χ1) is 12.0. The Morgan fingerprint density at radius 2 is 2.20 bits per heavy atom. The van der Waals surface area contributed by atoms with Crippen LogP contribution in [-0.4, -0.2) is 20.7 Å². The van der Waals surface area contributed by atoms with E-state index in [0.717, 1.165) is 5.56 Å². The molecule has 0 radical (unpaired) electrons. The number of hydrogen-bond donors (Lipinski definition) is 1. The van der Waals surface area contributed by atoms with E-state index in [1.54, 1.807) is 22.8 Å². The highest BCUT2D eigenvalue weighted by atomic mass is 35.5. The van der Waals surface area contributed by atoms with Gasteiger partial charge in [0.15, 0.2) is 16.7 Å². The molecule has 0 bridgehead atoms. The van der Waals surface area contributed by atoms with Gasteiger partial charge in [-0.3, -0.25) is 9.36 Å². The van der Waals surface area contributed by atoms with Crippen LogP contribution in [0.5, 0.6) is 0 Å². The summed E-state index contributed by atoms with van der Waals surface area (Å²) in [4.78, 5) is 11.1. The van der Waals surface area contributed by atoms with Crippen LogP contribution in [0.15, 0.2) is 46.2 Å². The average Bonchev–Trinajstić information content (AvgIpc) is 3.21. The van der Waals surface area contributed by atoms with Crippen molar-refractivity contribution in [2.24, 2.45) is 5.73 Å². The van der Waals surface area contributed by atoms with E-state index in [4.69, 9.17) is 21.8 Å². The summed E-state index contributed by atoms with van der Waals surface area (Å²) in [7, 11) is 0. The third kappa shape index (κ3) is 4.21. The zero-order valence-electron chi connectivity index (χ0n) is 13.0. The quantitative estimate of drug-likeness (QED) is 0.634. The predicted octanol–water partition coefficient (Wildman–Crippen LogP) is 3.50. The van der Waals surface area contributed by atoms with Crippen LogP contribution < -0.4 is 5.73 Å². The van der Waals surface area contributed by atoms with E-state index >= 15 is 0 Å². The second-order valence-corrected chi connectivity index (χ2v) is 6.53. The van der Waals surface area contributed by atoms with E-state index < -0.39 is 5.91 Å². The summed E-state index contributed by atoms with van der Waals surface area (Å²) < 4.78 is 20.3. The van der Waals surface area contributed by atoms with Crippen LogP contribution >= 0.6 is 23.4 Å². The molecule has 0 saturated heterocycles. The fourth-order valence-electron chi connectivity index (χ4n) is 2.19. The lowest BCUT2D eigenvalue weighted by atomic mass is 10.2. The van der Waals surface area contributed by atoms with Gasteiger partial charge in [-0.1, -0.05) is 29.4 Å². The number of carbonyl (C=O) groups excluding carboxylic acids is 1. The maximum atomic E-state index is 13.1. The maximum absolute atomic E-state index is 13.1. The summed E-state index contributed by atoms with van der Waals surface area (Å²) in [5.74, 6) is 0.731. The molecule has 2 N–H and O–H groups in total. The molecule has 0 atom stereocenters. The van der Waals surface area contributed by atoms with Crippen LogP contribution in [0.3, 0.4) is 0 Å². The first-order valence-electron chi connectivity index (χ1n) is 7.36. The third-order valence-electron chi connectivity index (χ3n) is 3.41. The lowest BCUT2D eigenvalue weighted by Crippen LogP contribution is -2.15. The van der Waals surface area contributed by atoms with Gasteiger partial charge in [-0.2, -0.15) is 0 Å². The summed E-state index contributed by atoms with van der Waals surface area (Å²) in [6.07, 6.45) is 1.68. The number of aromatic nitrogens is 3. The van der Waals surface area contributed by atoms with Gasteiger partial charge in [-0.05, 0) is 29.8 Å². The SMILES string of the molecule is NC(=O)CCn1c(SCc2ccc(F)cc2Cl)nnc1-c1ccco1. The molecule has 0 unspecified atom stereocenters. The number of carbonyl (C=O) groups is 1. The van der Waals surface area contributed by atoms with Crippen molar-refractivity contribution in [3.63, 3.8) is 0 Å². The lowest BCUT2D eigenvalue weighted by molar-refractivity contribution is -0.118. The molecule has 3 rings (SSSR count). The van der Waals surface area contributed by atoms with Gasteiger partial charge in [0, 0.05) is 23.7 Å². The number of furan rings is 1. The van der Waals surface area contributed by atoms with Crippen molar-refractivity contribution < 1.29 is 13.6 Å². The molecule has 0 aliphatic carbocycles. The van der Waals surface area contributed by atoms with Crippen molar-refractivity contribution in [2.45, 2.75) is 23.9 Å². The number of primary amides is 1. The van der Waals surface area contributed by atoms with Crippen molar-refractivity contribution in [2.75, 3.05) is 0 Å². The van der Waals surface area contributed by atoms with Crippen LogP contribution in [-0.2, 0) is 17.1 Å². The molecule has 0 fully saturated rings. The number of halogens is 2. The van der Waals surface area contributed by atoms with Crippen LogP contribution in [0.4, 0.5) is 4.39 Å². The number of thioether (sulfide) groups is 1. The molecule has 1 aromatic carbocycles. The first-order valence-corrected chi connectivity index (χ1v) is 8.73. The van der Waals surface area contributed by atoms with E-state index in [1.165, 1.54) is 30.2 Å². The van der Waals surface area contributed by atoms with Gasteiger partial charge in [0.2, 0.25) is 5.91 Å². The summed E-state index contributed by atoms with van der Waals surface area (Å²) in [6, 6.07) is 7.75. The van der Waals surface area contributed by atoms with Gasteiger partial charge in [0.1, 0.15) is 5.82 Å². The first kappa shape index (κ1) is 17.5. The number of benzene rings is 1. The molecule has 25 heavy (non-hydrogen) atoms. The summed E-state index contributed by atoms with van der Waals surface area (Å²) in [6.45, 7) is 0.331. The van der Waals surface area contributed by atoms with Crippen molar-refractivity contribution in [1.29, 1.82) is 0 Å². The topological polar surface area (TPSA) is 86.9 Å². The molecule has 0 aliphatic rings. The molecule has 2 heterocycles. The second kappa shape index (κ2) is 7.71. The fraction of sp³-hybridized carbons (Fsp3) is 0.188. The Labute approximate surface area is 152 Å². The Morgan fingerprint density at radius 3 is 2.88 bits per heavy atom. The molecule has 2 aromatic heterocycles. The summed E-state index contributed by atoms with van der Waals surface area (Å²) in [5.41, 5.74) is 6.03. The van der Waals surface area contributed by atoms with Crippen LogP contribution in [0.2, 0.25) is 5.02 Å². The fourth-order valence-corrected chi connectivity index (χ4v) is 3.47. The van der Waals surface area contributed by atoms with Gasteiger partial charge in [0.25, 0.3) is 0 Å². The van der Waals surface area contributed by atoms with Crippen molar-refractivity contribution >= 4 is 29.3 Å². The van der Waals surface area contributed by atoms with Crippen molar-refractivity contribution in [3.8, 4) is 11.6 Å². The van der Waals surface area contributed by atoms with Gasteiger partial charge in [-0.15, -0.1) is 10.2 Å². The number of nitrogens with zero attached hydrogens (tertiary/aromatic N) is 3. The molecule has 3 aromatic rings. The molecule has 0 aliphatic heterocycles. The standard InChI is InChI=1S/C16H14ClFN4O2S/c17-12-8-11(18)4-3-10(12)9-25-16-21-20-15(13-2-1-7-24-13)22(16)6-5-14(19)23/h1-4,7-8H,5-6,9H2,(H2,19,23). The van der Waals surface area contributed by atoms with E-state index in [1.807, 2.05) is 0 Å². The molecule has 6 nitrogen and oxygen atoms in total. The molecule has 9 heteroatoms. The van der Waals surface area contributed by atoms with E-state index in [0.29, 0.717) is 34.1 Å². The van der Waals surface area contributed by atoms with Crippen molar-refractivity contribution in [1.82, 2.24) is 14.8 Å². The van der Waals surface area contributed by atoms with E-state index in [2.05, 4.69) is 10.2 Å². The minimum absolute atomic E-state index is 0.149. The number of rotatable bonds is 7. The molecule has 0 spiro atoms. The van der Waals surface area contributed by atoms with E-state index in [-0.39, 0.29) is 12.2 Å². The zero-order valence-corrected chi connectivity index (χ0v) is 14.6. The Morgan fingerprint density at radius 1 is 1.36 bits per heavy atom. The minimum atomic E-state index is -0.420. The lowest BCUT2D eigenvalue weighted by Gasteiger charge is -2.08. The Kier molecular flexibility index (Phi) is 5.40. The van der Waals surface area contributed by atoms with E-state index in [9.17, 15) is 9.18 Å². The van der Waals surface area contributed by atoms with Gasteiger partial charge in [-0.25, -0.2) is 4.39 Å². The number of nitrogens with two attached hydrogens (primary N) is 1. The van der Waals surface area contributed by atoms with Crippen molar-refractivity contribution in [3.05, 3.63) is 53.0 Å². The summed E-state index contributed by atoms with van der Waals surface area (Å²) >= 11 is 7.43. The molecular weight excluding hydrogens is 367 g/mol. The third-order valence-corrected chi connectivity index (χ3v) is 4.78. The highest BCUT2D eigenvalue weighted by Crippen LogP contribution is 2.29. The van der Waals surface area contributed by atoms with Crippen LogP contribution in [0.25, 0.3) is 11.6 Å². The molecule has 1 amide bonds. The second-order valence-electron chi connectivity index (χ2n) is 5.18. The Balaban J connectivity index is 1.83. The summed E-state index contributed by atoms with van der Waals surface area (Å²) in [5, 5.41) is 9.24. The molecule has 130 valence electrons. The van der Waals surface area contributed by atoms with Gasteiger partial charge in [0.05, 0.1) is 6.26 Å². The highest BCUT2D eigenvalue weighted by molar-refractivity contribution is 7.98.